The van der Waals surface area contributed by atoms with Crippen LogP contribution in [0, 0.1) is 5.82 Å². The molecular formula is C22H24FN3O4S2. The summed E-state index contributed by atoms with van der Waals surface area (Å²) in [6.45, 7) is 6.83. The lowest BCUT2D eigenvalue weighted by atomic mass is 10.1. The van der Waals surface area contributed by atoms with Gasteiger partial charge in [-0.3, -0.25) is 10.1 Å². The number of amides is 1. The lowest BCUT2D eigenvalue weighted by molar-refractivity contribution is 0.102. The number of benzene rings is 2. The molecule has 0 spiro atoms. The van der Waals surface area contributed by atoms with Crippen LogP contribution in [-0.2, 0) is 5.75 Å². The minimum atomic E-state index is -0.378. The van der Waals surface area contributed by atoms with Gasteiger partial charge in [-0.15, -0.1) is 10.2 Å². The van der Waals surface area contributed by atoms with Crippen LogP contribution in [0.1, 0.15) is 36.7 Å². The standard InChI is InChI=1S/C22H24FN3O4S2/c1-4-28-17-11-15(12-18(29-5-2)19(17)30-6-3)20(27)24-21-25-26-22(32-21)31-13-14-9-7-8-10-16(14)23/h7-12H,4-6,13H2,1-3H3,(H,24,25,27). The van der Waals surface area contributed by atoms with Gasteiger partial charge in [-0.25, -0.2) is 4.39 Å². The third-order valence-corrected chi connectivity index (χ3v) is 6.13. The molecule has 0 unspecified atom stereocenters. The summed E-state index contributed by atoms with van der Waals surface area (Å²) in [5, 5.41) is 11.2. The minimum absolute atomic E-state index is 0.260. The topological polar surface area (TPSA) is 82.6 Å². The van der Waals surface area contributed by atoms with Crippen LogP contribution in [0.15, 0.2) is 40.7 Å². The molecule has 0 saturated carbocycles. The van der Waals surface area contributed by atoms with E-state index in [1.807, 2.05) is 20.8 Å². The van der Waals surface area contributed by atoms with Crippen LogP contribution in [0.4, 0.5) is 9.52 Å². The first-order valence-electron chi connectivity index (χ1n) is 10.1. The van der Waals surface area contributed by atoms with Crippen LogP contribution in [0.25, 0.3) is 0 Å². The van der Waals surface area contributed by atoms with E-state index in [9.17, 15) is 9.18 Å². The summed E-state index contributed by atoms with van der Waals surface area (Å²) in [6.07, 6.45) is 0. The number of rotatable bonds is 11. The Hall–Kier alpha value is -2.85. The first-order chi connectivity index (χ1) is 15.5. The maximum Gasteiger partial charge on any atom is 0.257 e. The van der Waals surface area contributed by atoms with Crippen molar-refractivity contribution in [1.82, 2.24) is 10.2 Å². The fraction of sp³-hybridized carbons (Fsp3) is 0.318. The van der Waals surface area contributed by atoms with Gasteiger partial charge in [0.15, 0.2) is 15.8 Å². The lowest BCUT2D eigenvalue weighted by Gasteiger charge is -2.16. The van der Waals surface area contributed by atoms with Gasteiger partial charge >= 0.3 is 0 Å². The van der Waals surface area contributed by atoms with Crippen molar-refractivity contribution in [2.45, 2.75) is 30.9 Å². The van der Waals surface area contributed by atoms with E-state index in [4.69, 9.17) is 14.2 Å². The second kappa shape index (κ2) is 11.7. The Labute approximate surface area is 194 Å². The number of anilines is 1. The van der Waals surface area contributed by atoms with Crippen molar-refractivity contribution in [1.29, 1.82) is 0 Å². The number of nitrogens with zero attached hydrogens (tertiary/aromatic N) is 2. The van der Waals surface area contributed by atoms with E-state index in [1.165, 1.54) is 29.2 Å². The highest BCUT2D eigenvalue weighted by Gasteiger charge is 2.19. The average molecular weight is 478 g/mol. The number of carbonyl (C=O) groups is 1. The second-order valence-corrected chi connectivity index (χ2v) is 8.51. The number of ether oxygens (including phenoxy) is 3. The first kappa shape index (κ1) is 23.8. The number of halogens is 1. The normalized spacial score (nSPS) is 10.6. The zero-order valence-corrected chi connectivity index (χ0v) is 19.6. The minimum Gasteiger partial charge on any atom is -0.490 e. The van der Waals surface area contributed by atoms with Gasteiger partial charge in [-0.1, -0.05) is 41.3 Å². The molecule has 1 N–H and O–H groups in total. The zero-order valence-electron chi connectivity index (χ0n) is 18.0. The molecule has 0 aliphatic rings. The largest absolute Gasteiger partial charge is 0.490 e. The third kappa shape index (κ3) is 6.10. The number of aromatic nitrogens is 2. The van der Waals surface area contributed by atoms with E-state index in [1.54, 1.807) is 30.3 Å². The molecule has 32 heavy (non-hydrogen) atoms. The molecule has 3 rings (SSSR count). The molecule has 170 valence electrons. The molecular weight excluding hydrogens is 453 g/mol. The average Bonchev–Trinajstić information content (AvgIpc) is 3.22. The summed E-state index contributed by atoms with van der Waals surface area (Å²) < 4.78 is 31.4. The molecule has 1 aromatic heterocycles. The van der Waals surface area contributed by atoms with Gasteiger partial charge in [0.2, 0.25) is 10.9 Å². The summed E-state index contributed by atoms with van der Waals surface area (Å²) in [6, 6.07) is 9.81. The van der Waals surface area contributed by atoms with E-state index in [-0.39, 0.29) is 11.7 Å². The van der Waals surface area contributed by atoms with Crippen molar-refractivity contribution in [2.75, 3.05) is 25.1 Å². The molecule has 0 aliphatic heterocycles. The Bertz CT molecular complexity index is 1030. The van der Waals surface area contributed by atoms with E-state index in [0.29, 0.717) is 63.4 Å². The van der Waals surface area contributed by atoms with Crippen LogP contribution < -0.4 is 19.5 Å². The van der Waals surface area contributed by atoms with Crippen molar-refractivity contribution >= 4 is 34.1 Å². The lowest BCUT2D eigenvalue weighted by Crippen LogP contribution is -2.13. The molecule has 1 heterocycles. The smallest absolute Gasteiger partial charge is 0.257 e. The maximum absolute atomic E-state index is 13.8. The van der Waals surface area contributed by atoms with Gasteiger partial charge in [-0.2, -0.15) is 0 Å². The van der Waals surface area contributed by atoms with Gasteiger partial charge in [-0.05, 0) is 44.5 Å². The molecule has 0 aliphatic carbocycles. The highest BCUT2D eigenvalue weighted by molar-refractivity contribution is 8.00. The third-order valence-electron chi connectivity index (χ3n) is 4.11. The van der Waals surface area contributed by atoms with Gasteiger partial charge < -0.3 is 14.2 Å². The van der Waals surface area contributed by atoms with Crippen molar-refractivity contribution < 1.29 is 23.4 Å². The molecule has 10 heteroatoms. The van der Waals surface area contributed by atoms with Crippen molar-refractivity contribution in [3.8, 4) is 17.2 Å². The van der Waals surface area contributed by atoms with Gasteiger partial charge in [0, 0.05) is 11.3 Å². The number of thioether (sulfide) groups is 1. The quantitative estimate of drug-likeness (QED) is 0.292. The van der Waals surface area contributed by atoms with Gasteiger partial charge in [0.05, 0.1) is 19.8 Å². The highest BCUT2D eigenvalue weighted by Crippen LogP contribution is 2.39. The van der Waals surface area contributed by atoms with Crippen molar-refractivity contribution in [3.05, 3.63) is 53.3 Å². The fourth-order valence-corrected chi connectivity index (χ4v) is 4.50. The molecule has 0 bridgehead atoms. The summed E-state index contributed by atoms with van der Waals surface area (Å²) in [7, 11) is 0. The van der Waals surface area contributed by atoms with E-state index >= 15 is 0 Å². The molecule has 2 aromatic carbocycles. The van der Waals surface area contributed by atoms with Gasteiger partial charge in [0.1, 0.15) is 5.82 Å². The van der Waals surface area contributed by atoms with Crippen molar-refractivity contribution in [2.24, 2.45) is 0 Å². The Balaban J connectivity index is 1.73. The number of nitrogens with one attached hydrogen (secondary N) is 1. The summed E-state index contributed by atoms with van der Waals surface area (Å²) in [5.74, 6) is 1.12. The second-order valence-electron chi connectivity index (χ2n) is 6.31. The molecule has 0 atom stereocenters. The maximum atomic E-state index is 13.8. The van der Waals surface area contributed by atoms with Crippen LogP contribution >= 0.6 is 23.1 Å². The molecule has 1 amide bonds. The van der Waals surface area contributed by atoms with Crippen LogP contribution in [-0.4, -0.2) is 35.9 Å². The molecule has 3 aromatic rings. The first-order valence-corrected chi connectivity index (χ1v) is 11.9. The Kier molecular flexibility index (Phi) is 8.69. The fourth-order valence-electron chi connectivity index (χ4n) is 2.76. The SMILES string of the molecule is CCOc1cc(C(=O)Nc2nnc(SCc3ccccc3F)s2)cc(OCC)c1OCC. The summed E-state index contributed by atoms with van der Waals surface area (Å²) in [4.78, 5) is 12.8. The Morgan fingerprint density at radius 3 is 2.31 bits per heavy atom. The Morgan fingerprint density at radius 2 is 1.69 bits per heavy atom. The summed E-state index contributed by atoms with van der Waals surface area (Å²) >= 11 is 2.57. The highest BCUT2D eigenvalue weighted by atomic mass is 32.2. The van der Waals surface area contributed by atoms with Crippen LogP contribution in [0.2, 0.25) is 0 Å². The van der Waals surface area contributed by atoms with Crippen molar-refractivity contribution in [3.63, 3.8) is 0 Å². The number of carbonyl (C=O) groups excluding carboxylic acids is 1. The Morgan fingerprint density at radius 1 is 1.03 bits per heavy atom. The van der Waals surface area contributed by atoms with Crippen LogP contribution in [0.3, 0.4) is 0 Å². The summed E-state index contributed by atoms with van der Waals surface area (Å²) in [5.41, 5.74) is 0.927. The number of hydrogen-bond acceptors (Lipinski definition) is 8. The molecule has 0 saturated heterocycles. The number of hydrogen-bond donors (Lipinski definition) is 1. The van der Waals surface area contributed by atoms with E-state index in [0.717, 1.165) is 0 Å². The van der Waals surface area contributed by atoms with E-state index in [2.05, 4.69) is 15.5 Å². The molecule has 0 fully saturated rings. The molecule has 7 nitrogen and oxygen atoms in total. The predicted molar refractivity (Wildman–Crippen MR) is 124 cm³/mol. The van der Waals surface area contributed by atoms with E-state index < -0.39 is 0 Å². The predicted octanol–water partition coefficient (Wildman–Crippen LogP) is 5.42. The monoisotopic (exact) mass is 477 g/mol. The molecule has 0 radical (unpaired) electrons. The zero-order chi connectivity index (χ0) is 22.9. The van der Waals surface area contributed by atoms with Crippen LogP contribution in [0.5, 0.6) is 17.2 Å². The van der Waals surface area contributed by atoms with Gasteiger partial charge in [0.25, 0.3) is 5.91 Å².